The summed E-state index contributed by atoms with van der Waals surface area (Å²) in [6.45, 7) is 4.85. The van der Waals surface area contributed by atoms with Gasteiger partial charge in [0.1, 0.15) is 12.2 Å². The van der Waals surface area contributed by atoms with Crippen molar-refractivity contribution in [1.82, 2.24) is 0 Å². The molecular formula is C15H23NO8. The first-order valence-electron chi connectivity index (χ1n) is 7.54. The Morgan fingerprint density at radius 3 is 1.58 bits per heavy atom. The molecular weight excluding hydrogens is 322 g/mol. The van der Waals surface area contributed by atoms with Gasteiger partial charge in [-0.1, -0.05) is 0 Å². The molecule has 1 aliphatic carbocycles. The van der Waals surface area contributed by atoms with Crippen LogP contribution in [0.25, 0.3) is 0 Å². The third-order valence-corrected chi connectivity index (χ3v) is 3.54. The zero-order valence-electron chi connectivity index (χ0n) is 14.1. The zero-order valence-corrected chi connectivity index (χ0v) is 14.1. The molecule has 0 spiro atoms. The van der Waals surface area contributed by atoms with Crippen LogP contribution in [-0.4, -0.2) is 54.8 Å². The minimum atomic E-state index is -1.12. The summed E-state index contributed by atoms with van der Waals surface area (Å²) in [5, 5.41) is 0. The molecule has 0 aliphatic heterocycles. The maximum atomic E-state index is 11.5. The Labute approximate surface area is 139 Å². The molecule has 24 heavy (non-hydrogen) atoms. The normalized spacial score (nSPS) is 29.3. The summed E-state index contributed by atoms with van der Waals surface area (Å²) in [5.74, 6) is -2.92. The number of hydrogen-bond acceptors (Lipinski definition) is 9. The summed E-state index contributed by atoms with van der Waals surface area (Å²) in [7, 11) is 0. The molecule has 0 saturated heterocycles. The third kappa shape index (κ3) is 5.48. The molecule has 0 bridgehead atoms. The smallest absolute Gasteiger partial charge is 0.303 e. The zero-order chi connectivity index (χ0) is 18.4. The highest BCUT2D eigenvalue weighted by molar-refractivity contribution is 5.69. The fraction of sp³-hybridized carbons (Fsp3) is 0.733. The molecule has 0 heterocycles. The highest BCUT2D eigenvalue weighted by atomic mass is 16.6. The standard InChI is InChI=1S/C15H23NO8/c1-7(17)21-12-5-11(6-16)13(22-8(2)18)15(24-10(4)20)14(12)23-9(3)19/h11-15H,5-6,16H2,1-4H3. The van der Waals surface area contributed by atoms with Crippen LogP contribution in [0.15, 0.2) is 0 Å². The predicted octanol–water partition coefficient (Wildman–Crippen LogP) is -0.308. The molecule has 9 heteroatoms. The molecule has 0 aromatic carbocycles. The monoisotopic (exact) mass is 345 g/mol. The van der Waals surface area contributed by atoms with Gasteiger partial charge in [0, 0.05) is 33.6 Å². The number of ether oxygens (including phenoxy) is 4. The Hall–Kier alpha value is -2.16. The Morgan fingerprint density at radius 2 is 1.17 bits per heavy atom. The van der Waals surface area contributed by atoms with E-state index in [1.165, 1.54) is 27.7 Å². The molecule has 9 nitrogen and oxygen atoms in total. The van der Waals surface area contributed by atoms with Gasteiger partial charge in [0.2, 0.25) is 0 Å². The maximum absolute atomic E-state index is 11.5. The molecule has 5 unspecified atom stereocenters. The lowest BCUT2D eigenvalue weighted by atomic mass is 9.80. The Balaban J connectivity index is 3.23. The van der Waals surface area contributed by atoms with Crippen LogP contribution >= 0.6 is 0 Å². The van der Waals surface area contributed by atoms with Crippen molar-refractivity contribution >= 4 is 23.9 Å². The fourth-order valence-electron chi connectivity index (χ4n) is 2.81. The van der Waals surface area contributed by atoms with Gasteiger partial charge >= 0.3 is 23.9 Å². The molecule has 136 valence electrons. The molecule has 0 aromatic rings. The summed E-state index contributed by atoms with van der Waals surface area (Å²) >= 11 is 0. The van der Waals surface area contributed by atoms with Crippen LogP contribution in [0.2, 0.25) is 0 Å². The molecule has 5 atom stereocenters. The van der Waals surface area contributed by atoms with E-state index < -0.39 is 54.2 Å². The Bertz CT molecular complexity index is 506. The topological polar surface area (TPSA) is 131 Å². The van der Waals surface area contributed by atoms with Gasteiger partial charge in [0.25, 0.3) is 0 Å². The van der Waals surface area contributed by atoms with Crippen molar-refractivity contribution in [2.24, 2.45) is 11.7 Å². The van der Waals surface area contributed by atoms with E-state index in [0.29, 0.717) is 0 Å². The van der Waals surface area contributed by atoms with Gasteiger partial charge < -0.3 is 24.7 Å². The average Bonchev–Trinajstić information content (AvgIpc) is 2.42. The van der Waals surface area contributed by atoms with Gasteiger partial charge in [-0.2, -0.15) is 0 Å². The highest BCUT2D eigenvalue weighted by Crippen LogP contribution is 2.33. The van der Waals surface area contributed by atoms with Crippen molar-refractivity contribution in [3.05, 3.63) is 0 Å². The van der Waals surface area contributed by atoms with Crippen molar-refractivity contribution in [2.45, 2.75) is 58.5 Å². The number of carbonyl (C=O) groups excluding carboxylic acids is 4. The van der Waals surface area contributed by atoms with Crippen molar-refractivity contribution in [1.29, 1.82) is 0 Å². The van der Waals surface area contributed by atoms with E-state index in [4.69, 9.17) is 24.7 Å². The quantitative estimate of drug-likeness (QED) is 0.526. The van der Waals surface area contributed by atoms with Crippen LogP contribution in [0.5, 0.6) is 0 Å². The van der Waals surface area contributed by atoms with Crippen LogP contribution in [0.1, 0.15) is 34.1 Å². The largest absolute Gasteiger partial charge is 0.458 e. The summed E-state index contributed by atoms with van der Waals surface area (Å²) in [4.78, 5) is 45.6. The minimum Gasteiger partial charge on any atom is -0.458 e. The van der Waals surface area contributed by atoms with Gasteiger partial charge in [-0.25, -0.2) is 0 Å². The lowest BCUT2D eigenvalue weighted by Gasteiger charge is -2.43. The first-order chi connectivity index (χ1) is 11.1. The number of esters is 4. The van der Waals surface area contributed by atoms with E-state index in [1.807, 2.05) is 0 Å². The molecule has 1 rings (SSSR count). The lowest BCUT2D eigenvalue weighted by Crippen LogP contribution is -2.60. The van der Waals surface area contributed by atoms with Gasteiger partial charge in [0.05, 0.1) is 0 Å². The summed E-state index contributed by atoms with van der Waals surface area (Å²) in [6.07, 6.45) is -3.79. The highest BCUT2D eigenvalue weighted by Gasteiger charge is 2.51. The maximum Gasteiger partial charge on any atom is 0.303 e. The van der Waals surface area contributed by atoms with Crippen molar-refractivity contribution in [2.75, 3.05) is 6.54 Å². The van der Waals surface area contributed by atoms with E-state index in [9.17, 15) is 19.2 Å². The summed E-state index contributed by atoms with van der Waals surface area (Å²) < 4.78 is 20.9. The fourth-order valence-corrected chi connectivity index (χ4v) is 2.81. The van der Waals surface area contributed by atoms with Gasteiger partial charge in [-0.3, -0.25) is 19.2 Å². The van der Waals surface area contributed by atoms with E-state index in [-0.39, 0.29) is 13.0 Å². The molecule has 0 radical (unpaired) electrons. The van der Waals surface area contributed by atoms with E-state index >= 15 is 0 Å². The van der Waals surface area contributed by atoms with E-state index in [0.717, 1.165) is 0 Å². The van der Waals surface area contributed by atoms with Crippen LogP contribution in [0.3, 0.4) is 0 Å². The minimum absolute atomic E-state index is 0.0975. The SMILES string of the molecule is CC(=O)OC1CC(CN)C(OC(C)=O)C(OC(C)=O)C1OC(C)=O. The van der Waals surface area contributed by atoms with Crippen LogP contribution in [-0.2, 0) is 38.1 Å². The Morgan fingerprint density at radius 1 is 0.750 bits per heavy atom. The van der Waals surface area contributed by atoms with E-state index in [2.05, 4.69) is 0 Å². The third-order valence-electron chi connectivity index (χ3n) is 3.54. The molecule has 2 N–H and O–H groups in total. The second kappa shape index (κ2) is 8.62. The average molecular weight is 345 g/mol. The molecule has 0 amide bonds. The molecule has 1 saturated carbocycles. The number of carbonyl (C=O) groups is 4. The summed E-state index contributed by atoms with van der Waals surface area (Å²) in [5.41, 5.74) is 5.72. The van der Waals surface area contributed by atoms with Crippen molar-refractivity contribution in [3.8, 4) is 0 Å². The van der Waals surface area contributed by atoms with Crippen molar-refractivity contribution < 1.29 is 38.1 Å². The van der Waals surface area contributed by atoms with Crippen LogP contribution < -0.4 is 5.73 Å². The van der Waals surface area contributed by atoms with Crippen LogP contribution in [0.4, 0.5) is 0 Å². The Kier molecular flexibility index (Phi) is 7.15. The van der Waals surface area contributed by atoms with Crippen LogP contribution in [0, 0.1) is 5.92 Å². The first-order valence-corrected chi connectivity index (χ1v) is 7.54. The van der Waals surface area contributed by atoms with Crippen molar-refractivity contribution in [3.63, 3.8) is 0 Å². The molecule has 1 aliphatic rings. The number of hydrogen-bond donors (Lipinski definition) is 1. The van der Waals surface area contributed by atoms with Gasteiger partial charge in [-0.15, -0.1) is 0 Å². The predicted molar refractivity (Wildman–Crippen MR) is 79.4 cm³/mol. The van der Waals surface area contributed by atoms with Gasteiger partial charge in [0.15, 0.2) is 12.2 Å². The second-order valence-corrected chi connectivity index (χ2v) is 5.60. The van der Waals surface area contributed by atoms with Gasteiger partial charge in [-0.05, 0) is 13.0 Å². The summed E-state index contributed by atoms with van der Waals surface area (Å²) in [6, 6.07) is 0. The molecule has 0 aromatic heterocycles. The number of rotatable bonds is 5. The molecule has 1 fully saturated rings. The second-order valence-electron chi connectivity index (χ2n) is 5.60. The van der Waals surface area contributed by atoms with E-state index in [1.54, 1.807) is 0 Å². The lowest BCUT2D eigenvalue weighted by molar-refractivity contribution is -0.217. The number of nitrogens with two attached hydrogens (primary N) is 1. The first kappa shape index (κ1) is 19.9.